The average Bonchev–Trinajstić information content (AvgIpc) is 1.97. The van der Waals surface area contributed by atoms with Crippen LogP contribution in [-0.4, -0.2) is 25.0 Å². The van der Waals surface area contributed by atoms with Crippen molar-refractivity contribution in [2.45, 2.75) is 19.4 Å². The van der Waals surface area contributed by atoms with E-state index < -0.39 is 0 Å². The van der Waals surface area contributed by atoms with Crippen LogP contribution in [0.1, 0.15) is 13.3 Å². The molecule has 1 saturated heterocycles. The number of hydrogen-bond donors (Lipinski definition) is 2. The van der Waals surface area contributed by atoms with Crippen LogP contribution in [0.5, 0.6) is 0 Å². The summed E-state index contributed by atoms with van der Waals surface area (Å²) in [5.74, 6) is 0.159. The van der Waals surface area contributed by atoms with E-state index in [0.717, 1.165) is 13.1 Å². The molecule has 1 aliphatic rings. The summed E-state index contributed by atoms with van der Waals surface area (Å²) in [6.07, 6.45) is 0.615. The topological polar surface area (TPSA) is 41.1 Å². The van der Waals surface area contributed by atoms with Gasteiger partial charge in [0.1, 0.15) is 0 Å². The van der Waals surface area contributed by atoms with E-state index in [-0.39, 0.29) is 5.91 Å². The predicted octanol–water partition coefficient (Wildman–Crippen LogP) is -0.516. The molecule has 0 spiro atoms. The van der Waals surface area contributed by atoms with Crippen molar-refractivity contribution in [2.75, 3.05) is 13.1 Å². The van der Waals surface area contributed by atoms with Crippen molar-refractivity contribution in [1.82, 2.24) is 10.6 Å². The van der Waals surface area contributed by atoms with Crippen LogP contribution in [0, 0.1) is 0 Å². The molecule has 9 heavy (non-hydrogen) atoms. The van der Waals surface area contributed by atoms with Gasteiger partial charge in [0.2, 0.25) is 5.91 Å². The smallest absolute Gasteiger partial charge is 0.221 e. The minimum atomic E-state index is 0.159. The second kappa shape index (κ2) is 2.82. The Bertz CT molecular complexity index is 114. The monoisotopic (exact) mass is 128 g/mol. The Labute approximate surface area is 54.8 Å². The van der Waals surface area contributed by atoms with Crippen LogP contribution in [-0.2, 0) is 4.79 Å². The van der Waals surface area contributed by atoms with Crippen molar-refractivity contribution < 1.29 is 4.79 Å². The van der Waals surface area contributed by atoms with Crippen molar-refractivity contribution in [3.05, 3.63) is 0 Å². The summed E-state index contributed by atoms with van der Waals surface area (Å²) < 4.78 is 0. The largest absolute Gasteiger partial charge is 0.355 e. The highest BCUT2D eigenvalue weighted by Gasteiger charge is 2.09. The SMILES string of the molecule is C[C@H]1CNC(=O)CCN1. The third-order valence-corrected chi connectivity index (χ3v) is 1.45. The molecule has 0 aromatic rings. The Morgan fingerprint density at radius 1 is 1.67 bits per heavy atom. The molecular formula is C6H12N2O. The van der Waals surface area contributed by atoms with E-state index in [1.165, 1.54) is 0 Å². The molecule has 3 heteroatoms. The summed E-state index contributed by atoms with van der Waals surface area (Å²) >= 11 is 0. The average molecular weight is 128 g/mol. The first-order chi connectivity index (χ1) is 4.29. The fourth-order valence-corrected chi connectivity index (χ4v) is 0.860. The minimum Gasteiger partial charge on any atom is -0.355 e. The molecule has 0 aliphatic carbocycles. The van der Waals surface area contributed by atoms with E-state index in [2.05, 4.69) is 17.6 Å². The molecule has 1 rings (SSSR count). The van der Waals surface area contributed by atoms with Crippen LogP contribution in [0.2, 0.25) is 0 Å². The molecule has 0 saturated carbocycles. The van der Waals surface area contributed by atoms with Crippen LogP contribution >= 0.6 is 0 Å². The first kappa shape index (κ1) is 6.55. The number of carbonyl (C=O) groups excluding carboxylic acids is 1. The Morgan fingerprint density at radius 3 is 3.22 bits per heavy atom. The maximum absolute atomic E-state index is 10.7. The van der Waals surface area contributed by atoms with Crippen LogP contribution in [0.15, 0.2) is 0 Å². The maximum atomic E-state index is 10.7. The summed E-state index contributed by atoms with van der Waals surface area (Å²) in [6, 6.07) is 0.427. The summed E-state index contributed by atoms with van der Waals surface area (Å²) in [5.41, 5.74) is 0. The first-order valence-corrected chi connectivity index (χ1v) is 3.29. The zero-order valence-electron chi connectivity index (χ0n) is 5.61. The molecule has 1 aliphatic heterocycles. The lowest BCUT2D eigenvalue weighted by Gasteiger charge is -2.06. The normalized spacial score (nSPS) is 29.0. The van der Waals surface area contributed by atoms with E-state index in [1.807, 2.05) is 0 Å². The van der Waals surface area contributed by atoms with Crippen LogP contribution in [0.4, 0.5) is 0 Å². The highest BCUT2D eigenvalue weighted by molar-refractivity contribution is 5.76. The van der Waals surface area contributed by atoms with E-state index in [4.69, 9.17) is 0 Å². The predicted molar refractivity (Wildman–Crippen MR) is 35.1 cm³/mol. The fourth-order valence-electron chi connectivity index (χ4n) is 0.860. The van der Waals surface area contributed by atoms with E-state index in [0.29, 0.717) is 12.5 Å². The van der Waals surface area contributed by atoms with Gasteiger partial charge in [0.25, 0.3) is 0 Å². The number of carbonyl (C=O) groups is 1. The number of amides is 1. The van der Waals surface area contributed by atoms with E-state index in [1.54, 1.807) is 0 Å². The van der Waals surface area contributed by atoms with Gasteiger partial charge in [0.15, 0.2) is 0 Å². The van der Waals surface area contributed by atoms with Crippen LogP contribution < -0.4 is 10.6 Å². The van der Waals surface area contributed by atoms with E-state index in [9.17, 15) is 4.79 Å². The Kier molecular flexibility index (Phi) is 2.05. The zero-order valence-corrected chi connectivity index (χ0v) is 5.61. The molecule has 52 valence electrons. The summed E-state index contributed by atoms with van der Waals surface area (Å²) in [6.45, 7) is 3.64. The van der Waals surface area contributed by atoms with Crippen molar-refractivity contribution in [2.24, 2.45) is 0 Å². The number of rotatable bonds is 0. The maximum Gasteiger partial charge on any atom is 0.221 e. The molecule has 1 heterocycles. The second-order valence-corrected chi connectivity index (χ2v) is 2.41. The lowest BCUT2D eigenvalue weighted by Crippen LogP contribution is -2.33. The van der Waals surface area contributed by atoms with Crippen molar-refractivity contribution in [3.8, 4) is 0 Å². The van der Waals surface area contributed by atoms with Gasteiger partial charge in [-0.1, -0.05) is 0 Å². The molecule has 0 bridgehead atoms. The Hall–Kier alpha value is -0.570. The van der Waals surface area contributed by atoms with Gasteiger partial charge in [0, 0.05) is 25.6 Å². The summed E-state index contributed by atoms with van der Waals surface area (Å²) in [4.78, 5) is 10.7. The standard InChI is InChI=1S/C6H12N2O/c1-5-4-8-6(9)2-3-7-5/h5,7H,2-4H2,1H3,(H,8,9)/t5-/m0/s1. The minimum absolute atomic E-state index is 0.159. The van der Waals surface area contributed by atoms with Gasteiger partial charge < -0.3 is 10.6 Å². The molecule has 2 N–H and O–H groups in total. The quantitative estimate of drug-likeness (QED) is 0.461. The van der Waals surface area contributed by atoms with Gasteiger partial charge >= 0.3 is 0 Å². The number of hydrogen-bond acceptors (Lipinski definition) is 2. The third kappa shape index (κ3) is 2.01. The summed E-state index contributed by atoms with van der Waals surface area (Å²) in [5, 5.41) is 5.98. The summed E-state index contributed by atoms with van der Waals surface area (Å²) in [7, 11) is 0. The van der Waals surface area contributed by atoms with Crippen molar-refractivity contribution in [1.29, 1.82) is 0 Å². The van der Waals surface area contributed by atoms with Crippen LogP contribution in [0.3, 0.4) is 0 Å². The van der Waals surface area contributed by atoms with E-state index >= 15 is 0 Å². The molecule has 1 fully saturated rings. The Balaban J connectivity index is 2.34. The van der Waals surface area contributed by atoms with Crippen molar-refractivity contribution >= 4 is 5.91 Å². The highest BCUT2D eigenvalue weighted by Crippen LogP contribution is 1.87. The van der Waals surface area contributed by atoms with Gasteiger partial charge in [0.05, 0.1) is 0 Å². The van der Waals surface area contributed by atoms with Gasteiger partial charge in [-0.25, -0.2) is 0 Å². The molecule has 0 aromatic heterocycles. The van der Waals surface area contributed by atoms with Crippen LogP contribution in [0.25, 0.3) is 0 Å². The van der Waals surface area contributed by atoms with Crippen molar-refractivity contribution in [3.63, 3.8) is 0 Å². The zero-order chi connectivity index (χ0) is 6.69. The molecular weight excluding hydrogens is 116 g/mol. The van der Waals surface area contributed by atoms with Gasteiger partial charge in [-0.3, -0.25) is 4.79 Å². The molecule has 1 atom stereocenters. The Morgan fingerprint density at radius 2 is 2.44 bits per heavy atom. The molecule has 0 radical (unpaired) electrons. The lowest BCUT2D eigenvalue weighted by atomic mass is 10.3. The fraction of sp³-hybridized carbons (Fsp3) is 0.833. The lowest BCUT2D eigenvalue weighted by molar-refractivity contribution is -0.120. The molecule has 1 amide bonds. The van der Waals surface area contributed by atoms with Gasteiger partial charge in [-0.05, 0) is 6.92 Å². The highest BCUT2D eigenvalue weighted by atomic mass is 16.1. The first-order valence-electron chi connectivity index (χ1n) is 3.29. The molecule has 0 unspecified atom stereocenters. The third-order valence-electron chi connectivity index (χ3n) is 1.45. The van der Waals surface area contributed by atoms with Gasteiger partial charge in [-0.15, -0.1) is 0 Å². The second-order valence-electron chi connectivity index (χ2n) is 2.41. The van der Waals surface area contributed by atoms with Gasteiger partial charge in [-0.2, -0.15) is 0 Å². The number of nitrogens with one attached hydrogen (secondary N) is 2. The molecule has 0 aromatic carbocycles. The molecule has 3 nitrogen and oxygen atoms in total.